The maximum atomic E-state index is 12.7. The third-order valence-corrected chi connectivity index (χ3v) is 3.74. The van der Waals surface area contributed by atoms with Crippen LogP contribution in [-0.4, -0.2) is 26.3 Å². The molecule has 1 heterocycles. The molecule has 2 rings (SSSR count). The topological polar surface area (TPSA) is 47.8 Å². The van der Waals surface area contributed by atoms with Crippen molar-refractivity contribution in [1.82, 2.24) is 14.8 Å². The summed E-state index contributed by atoms with van der Waals surface area (Å²) in [4.78, 5) is 15.9. The first kappa shape index (κ1) is 13.7. The molecule has 0 aliphatic heterocycles. The molecule has 0 radical (unpaired) electrons. The van der Waals surface area contributed by atoms with Crippen LogP contribution in [0.3, 0.4) is 0 Å². The predicted molar refractivity (Wildman–Crippen MR) is 71.7 cm³/mol. The molecule has 4 nitrogen and oxygen atoms in total. The van der Waals surface area contributed by atoms with Gasteiger partial charge in [-0.15, -0.1) is 0 Å². The molecule has 0 saturated heterocycles. The van der Waals surface area contributed by atoms with Gasteiger partial charge in [-0.3, -0.25) is 4.79 Å². The van der Waals surface area contributed by atoms with Gasteiger partial charge in [-0.2, -0.15) is 5.10 Å². The van der Waals surface area contributed by atoms with Crippen molar-refractivity contribution in [2.45, 2.75) is 18.0 Å². The Balaban J connectivity index is 1.75. The zero-order chi connectivity index (χ0) is 13.7. The zero-order valence-corrected chi connectivity index (χ0v) is 11.4. The summed E-state index contributed by atoms with van der Waals surface area (Å²) in [6, 6.07) is 5.66. The van der Waals surface area contributed by atoms with E-state index in [-0.39, 0.29) is 11.6 Å². The molecule has 1 aromatic carbocycles. The number of hydrogen-bond donors (Lipinski definition) is 0. The second-order valence-corrected chi connectivity index (χ2v) is 5.11. The fourth-order valence-electron chi connectivity index (χ4n) is 1.59. The highest BCUT2D eigenvalue weighted by Gasteiger charge is 2.06. The van der Waals surface area contributed by atoms with Gasteiger partial charge in [0.05, 0.1) is 0 Å². The van der Waals surface area contributed by atoms with Gasteiger partial charge in [0.2, 0.25) is 0 Å². The number of aromatic nitrogens is 3. The van der Waals surface area contributed by atoms with E-state index in [4.69, 9.17) is 0 Å². The molecule has 0 bridgehead atoms. The molecule has 0 spiro atoms. The van der Waals surface area contributed by atoms with Gasteiger partial charge < -0.3 is 0 Å². The normalized spacial score (nSPS) is 10.6. The minimum atomic E-state index is -0.325. The molecular weight excluding hydrogens is 265 g/mol. The molecule has 6 heteroatoms. The van der Waals surface area contributed by atoms with E-state index in [2.05, 4.69) is 10.1 Å². The summed E-state index contributed by atoms with van der Waals surface area (Å²) < 4.78 is 14.4. The van der Waals surface area contributed by atoms with Crippen molar-refractivity contribution in [2.24, 2.45) is 7.05 Å². The molecule has 0 N–H and O–H groups in total. The summed E-state index contributed by atoms with van der Waals surface area (Å²) in [7, 11) is 1.83. The van der Waals surface area contributed by atoms with E-state index < -0.39 is 0 Å². The van der Waals surface area contributed by atoms with Crippen molar-refractivity contribution < 1.29 is 9.18 Å². The minimum absolute atomic E-state index is 0.0403. The summed E-state index contributed by atoms with van der Waals surface area (Å²) in [6.07, 6.45) is 2.72. The largest absolute Gasteiger partial charge is 0.294 e. The smallest absolute Gasteiger partial charge is 0.185 e. The highest BCUT2D eigenvalue weighted by molar-refractivity contribution is 7.99. The van der Waals surface area contributed by atoms with Crippen molar-refractivity contribution >= 4 is 17.5 Å². The quantitative estimate of drug-likeness (QED) is 0.463. The van der Waals surface area contributed by atoms with Crippen LogP contribution in [0.4, 0.5) is 4.39 Å². The van der Waals surface area contributed by atoms with Crippen molar-refractivity contribution in [3.8, 4) is 0 Å². The van der Waals surface area contributed by atoms with Gasteiger partial charge in [0.1, 0.15) is 12.1 Å². The summed E-state index contributed by atoms with van der Waals surface area (Å²) in [5.41, 5.74) is 0.560. The standard InChI is InChI=1S/C13H14FN3OS/c1-17-13(15-9-16-17)19-8-2-3-12(18)10-4-6-11(14)7-5-10/h4-7,9H,2-3,8H2,1H3. The Labute approximate surface area is 115 Å². The van der Waals surface area contributed by atoms with Crippen LogP contribution in [-0.2, 0) is 7.05 Å². The maximum Gasteiger partial charge on any atom is 0.185 e. The number of ketones is 1. The molecule has 0 aliphatic rings. The molecule has 100 valence electrons. The van der Waals surface area contributed by atoms with Gasteiger partial charge in [-0.05, 0) is 30.7 Å². The van der Waals surface area contributed by atoms with E-state index in [1.807, 2.05) is 7.05 Å². The van der Waals surface area contributed by atoms with E-state index in [1.165, 1.54) is 30.6 Å². The van der Waals surface area contributed by atoms with E-state index in [1.54, 1.807) is 16.4 Å². The van der Waals surface area contributed by atoms with Gasteiger partial charge in [-0.25, -0.2) is 14.1 Å². The lowest BCUT2D eigenvalue weighted by Crippen LogP contribution is -2.00. The average Bonchev–Trinajstić information content (AvgIpc) is 2.81. The number of benzene rings is 1. The molecule has 2 aromatic rings. The first-order chi connectivity index (χ1) is 9.16. The van der Waals surface area contributed by atoms with Crippen LogP contribution < -0.4 is 0 Å². The Hall–Kier alpha value is -1.69. The number of halogens is 1. The molecule has 0 aliphatic carbocycles. The molecular formula is C13H14FN3OS. The first-order valence-corrected chi connectivity index (χ1v) is 6.91. The van der Waals surface area contributed by atoms with Crippen LogP contribution >= 0.6 is 11.8 Å². The Bertz CT molecular complexity index is 553. The highest BCUT2D eigenvalue weighted by Crippen LogP contribution is 2.16. The molecule has 0 atom stereocenters. The highest BCUT2D eigenvalue weighted by atomic mass is 32.2. The SMILES string of the molecule is Cn1ncnc1SCCCC(=O)c1ccc(F)cc1. The lowest BCUT2D eigenvalue weighted by atomic mass is 10.1. The van der Waals surface area contributed by atoms with Crippen molar-refractivity contribution in [3.05, 3.63) is 42.0 Å². The van der Waals surface area contributed by atoms with E-state index in [9.17, 15) is 9.18 Å². The fraction of sp³-hybridized carbons (Fsp3) is 0.308. The van der Waals surface area contributed by atoms with Gasteiger partial charge >= 0.3 is 0 Å². The number of aryl methyl sites for hydroxylation is 1. The molecule has 19 heavy (non-hydrogen) atoms. The van der Waals surface area contributed by atoms with E-state index in [0.717, 1.165) is 17.3 Å². The summed E-state index contributed by atoms with van der Waals surface area (Å²) in [6.45, 7) is 0. The average molecular weight is 279 g/mol. The van der Waals surface area contributed by atoms with Crippen LogP contribution in [0.5, 0.6) is 0 Å². The van der Waals surface area contributed by atoms with Crippen LogP contribution in [0.25, 0.3) is 0 Å². The number of nitrogens with zero attached hydrogens (tertiary/aromatic N) is 3. The van der Waals surface area contributed by atoms with Crippen LogP contribution in [0, 0.1) is 5.82 Å². The Morgan fingerprint density at radius 2 is 2.11 bits per heavy atom. The van der Waals surface area contributed by atoms with Gasteiger partial charge in [0.25, 0.3) is 0 Å². The molecule has 0 saturated carbocycles. The van der Waals surface area contributed by atoms with Crippen molar-refractivity contribution in [3.63, 3.8) is 0 Å². The molecule has 0 unspecified atom stereocenters. The van der Waals surface area contributed by atoms with Crippen LogP contribution in [0.1, 0.15) is 23.2 Å². The molecule has 1 aromatic heterocycles. The third kappa shape index (κ3) is 3.89. The number of carbonyl (C=O) groups is 1. The van der Waals surface area contributed by atoms with Crippen LogP contribution in [0.15, 0.2) is 35.7 Å². The third-order valence-electron chi connectivity index (χ3n) is 2.62. The lowest BCUT2D eigenvalue weighted by molar-refractivity contribution is 0.0982. The van der Waals surface area contributed by atoms with Crippen molar-refractivity contribution in [2.75, 3.05) is 5.75 Å². The zero-order valence-electron chi connectivity index (χ0n) is 10.5. The Morgan fingerprint density at radius 1 is 1.37 bits per heavy atom. The van der Waals surface area contributed by atoms with Gasteiger partial charge in [0, 0.05) is 24.8 Å². The van der Waals surface area contributed by atoms with Gasteiger partial charge in [0.15, 0.2) is 10.9 Å². The number of hydrogen-bond acceptors (Lipinski definition) is 4. The first-order valence-electron chi connectivity index (χ1n) is 5.92. The number of carbonyl (C=O) groups excluding carboxylic acids is 1. The second-order valence-electron chi connectivity index (χ2n) is 4.05. The van der Waals surface area contributed by atoms with Gasteiger partial charge in [-0.1, -0.05) is 11.8 Å². The number of rotatable bonds is 6. The second kappa shape index (κ2) is 6.47. The monoisotopic (exact) mass is 279 g/mol. The predicted octanol–water partition coefficient (Wildman–Crippen LogP) is 2.71. The fourth-order valence-corrected chi connectivity index (χ4v) is 2.42. The van der Waals surface area contributed by atoms with E-state index >= 15 is 0 Å². The summed E-state index contributed by atoms with van der Waals surface area (Å²) in [5.74, 6) is 0.521. The van der Waals surface area contributed by atoms with Crippen LogP contribution in [0.2, 0.25) is 0 Å². The maximum absolute atomic E-state index is 12.7. The molecule has 0 amide bonds. The summed E-state index contributed by atoms with van der Waals surface area (Å²) >= 11 is 1.57. The number of thioether (sulfide) groups is 1. The lowest BCUT2D eigenvalue weighted by Gasteiger charge is -2.01. The Morgan fingerprint density at radius 3 is 2.74 bits per heavy atom. The number of Topliss-reactive ketones (excluding diaryl/α,β-unsaturated/α-hetero) is 1. The van der Waals surface area contributed by atoms with E-state index in [0.29, 0.717) is 12.0 Å². The van der Waals surface area contributed by atoms with Crippen molar-refractivity contribution in [1.29, 1.82) is 0 Å². The molecule has 0 fully saturated rings. The Kier molecular flexibility index (Phi) is 4.68. The summed E-state index contributed by atoms with van der Waals surface area (Å²) in [5, 5.41) is 4.81. The minimum Gasteiger partial charge on any atom is -0.294 e.